The van der Waals surface area contributed by atoms with Crippen LogP contribution in [0.15, 0.2) is 30.6 Å². The van der Waals surface area contributed by atoms with E-state index in [0.717, 1.165) is 52.5 Å². The van der Waals surface area contributed by atoms with Gasteiger partial charge in [-0.25, -0.2) is 9.78 Å². The Labute approximate surface area is 230 Å². The molecule has 8 nitrogen and oxygen atoms in total. The molecule has 1 fully saturated rings. The van der Waals surface area contributed by atoms with Crippen molar-refractivity contribution in [1.82, 2.24) is 19.8 Å². The second-order valence-corrected chi connectivity index (χ2v) is 12.1. The Balaban J connectivity index is 1.60. The highest BCUT2D eigenvalue weighted by molar-refractivity contribution is 5.85. The molecule has 0 saturated carbocycles. The third-order valence-electron chi connectivity index (χ3n) is 7.76. The van der Waals surface area contributed by atoms with Crippen molar-refractivity contribution in [1.29, 1.82) is 0 Å². The van der Waals surface area contributed by atoms with Crippen LogP contribution < -0.4 is 0 Å². The number of ether oxygens (including phenoxy) is 2. The predicted molar refractivity (Wildman–Crippen MR) is 152 cm³/mol. The number of aromatic amines is 1. The van der Waals surface area contributed by atoms with Gasteiger partial charge in [0.25, 0.3) is 0 Å². The van der Waals surface area contributed by atoms with Gasteiger partial charge in [0.2, 0.25) is 5.91 Å². The summed E-state index contributed by atoms with van der Waals surface area (Å²) in [5, 5.41) is 1.13. The molecule has 0 aliphatic carbocycles. The molecular weight excluding hydrogens is 492 g/mol. The number of amides is 2. The molecule has 2 aliphatic rings. The summed E-state index contributed by atoms with van der Waals surface area (Å²) in [5.41, 5.74) is 7.15. The fourth-order valence-electron chi connectivity index (χ4n) is 5.88. The maximum Gasteiger partial charge on any atom is 0.410 e. The number of carbonyl (C=O) groups excluding carboxylic acids is 2. The molecule has 4 heterocycles. The summed E-state index contributed by atoms with van der Waals surface area (Å²) >= 11 is 0. The molecule has 0 radical (unpaired) electrons. The van der Waals surface area contributed by atoms with Crippen LogP contribution >= 0.6 is 0 Å². The third kappa shape index (κ3) is 5.53. The summed E-state index contributed by atoms with van der Waals surface area (Å²) in [5.74, 6) is 0.364. The van der Waals surface area contributed by atoms with Crippen LogP contribution in [0.3, 0.4) is 0 Å². The van der Waals surface area contributed by atoms with Gasteiger partial charge in [-0.2, -0.15) is 0 Å². The third-order valence-corrected chi connectivity index (χ3v) is 7.76. The van der Waals surface area contributed by atoms with E-state index in [-0.39, 0.29) is 24.6 Å². The van der Waals surface area contributed by atoms with Gasteiger partial charge in [-0.15, -0.1) is 0 Å². The molecule has 2 amide bonds. The van der Waals surface area contributed by atoms with E-state index in [1.54, 1.807) is 7.11 Å². The summed E-state index contributed by atoms with van der Waals surface area (Å²) in [6, 6.07) is 6.56. The number of hydrogen-bond acceptors (Lipinski definition) is 5. The number of methoxy groups -OCH3 is 1. The lowest BCUT2D eigenvalue weighted by Crippen LogP contribution is -2.40. The summed E-state index contributed by atoms with van der Waals surface area (Å²) in [4.78, 5) is 37.8. The molecule has 2 aromatic heterocycles. The summed E-state index contributed by atoms with van der Waals surface area (Å²) < 4.78 is 10.9. The number of benzene rings is 1. The lowest BCUT2D eigenvalue weighted by Gasteiger charge is -2.34. The fraction of sp³-hybridized carbons (Fsp3) is 0.516. The number of nitrogens with zero attached hydrogens (tertiary/aromatic N) is 3. The van der Waals surface area contributed by atoms with E-state index in [1.165, 1.54) is 11.1 Å². The monoisotopic (exact) mass is 532 g/mol. The number of H-pyrrole nitrogens is 1. The predicted octanol–water partition coefficient (Wildman–Crippen LogP) is 5.96. The fourth-order valence-corrected chi connectivity index (χ4v) is 5.88. The standard InChI is InChI=1S/C31H40N4O4/c1-19(2)25-16-33-29-24(25)14-22(15-32-29)21-12-20-9-11-34(28(36)18-38-6)17-26(20)23(13-21)27-8-7-10-35(27)30(37)39-31(3,4)5/h12-16,19,27H,7-11,17-18H2,1-6H3,(H,32,33). The molecule has 0 bridgehead atoms. The number of hydrogen-bond donors (Lipinski definition) is 1. The van der Waals surface area contributed by atoms with Gasteiger partial charge >= 0.3 is 6.09 Å². The summed E-state index contributed by atoms with van der Waals surface area (Å²) in [6.45, 7) is 11.9. The van der Waals surface area contributed by atoms with E-state index in [0.29, 0.717) is 25.6 Å². The molecule has 39 heavy (non-hydrogen) atoms. The minimum Gasteiger partial charge on any atom is -0.444 e. The summed E-state index contributed by atoms with van der Waals surface area (Å²) in [6.07, 6.45) is 6.20. The minimum atomic E-state index is -0.569. The first-order valence-electron chi connectivity index (χ1n) is 13.9. The van der Waals surface area contributed by atoms with Crippen molar-refractivity contribution in [2.24, 2.45) is 0 Å². The van der Waals surface area contributed by atoms with Crippen LogP contribution in [0.4, 0.5) is 4.79 Å². The van der Waals surface area contributed by atoms with E-state index < -0.39 is 5.60 Å². The lowest BCUT2D eigenvalue weighted by atomic mass is 9.86. The van der Waals surface area contributed by atoms with Gasteiger partial charge in [-0.05, 0) is 85.9 Å². The van der Waals surface area contributed by atoms with Crippen molar-refractivity contribution < 1.29 is 19.1 Å². The zero-order valence-corrected chi connectivity index (χ0v) is 24.0. The maximum atomic E-state index is 13.3. The van der Waals surface area contributed by atoms with Gasteiger partial charge in [-0.1, -0.05) is 19.9 Å². The van der Waals surface area contributed by atoms with Gasteiger partial charge in [0, 0.05) is 50.1 Å². The average molecular weight is 533 g/mol. The zero-order valence-electron chi connectivity index (χ0n) is 24.0. The molecule has 208 valence electrons. The molecule has 5 rings (SSSR count). The number of carbonyl (C=O) groups is 2. The van der Waals surface area contributed by atoms with Crippen molar-refractivity contribution in [3.8, 4) is 11.1 Å². The molecule has 1 unspecified atom stereocenters. The van der Waals surface area contributed by atoms with Crippen molar-refractivity contribution in [2.45, 2.75) is 78.0 Å². The maximum absolute atomic E-state index is 13.3. The van der Waals surface area contributed by atoms with Crippen LogP contribution in [0.5, 0.6) is 0 Å². The summed E-state index contributed by atoms with van der Waals surface area (Å²) in [7, 11) is 1.55. The molecular formula is C31H40N4O4. The molecule has 3 aromatic rings. The number of likely N-dealkylation sites (tertiary alicyclic amines) is 1. The normalized spacial score (nSPS) is 17.7. The van der Waals surface area contributed by atoms with Crippen LogP contribution in [0, 0.1) is 0 Å². The molecule has 1 N–H and O–H groups in total. The minimum absolute atomic E-state index is 0.0167. The molecule has 1 saturated heterocycles. The zero-order chi connectivity index (χ0) is 27.9. The first-order valence-corrected chi connectivity index (χ1v) is 13.9. The van der Waals surface area contributed by atoms with Gasteiger partial charge in [0.15, 0.2) is 0 Å². The van der Waals surface area contributed by atoms with Crippen LogP contribution in [-0.4, -0.2) is 64.2 Å². The van der Waals surface area contributed by atoms with Gasteiger partial charge in [0.05, 0.1) is 6.04 Å². The molecule has 8 heteroatoms. The average Bonchev–Trinajstić information content (AvgIpc) is 3.54. The molecule has 2 aliphatic heterocycles. The number of fused-ring (bicyclic) bond motifs is 2. The molecule has 1 aromatic carbocycles. The number of nitrogens with one attached hydrogen (secondary N) is 1. The van der Waals surface area contributed by atoms with Gasteiger partial charge in [-0.3, -0.25) is 4.79 Å². The highest BCUT2D eigenvalue weighted by Crippen LogP contribution is 2.40. The number of pyridine rings is 1. The van der Waals surface area contributed by atoms with E-state index in [2.05, 4.69) is 37.0 Å². The van der Waals surface area contributed by atoms with E-state index in [9.17, 15) is 9.59 Å². The highest BCUT2D eigenvalue weighted by Gasteiger charge is 2.36. The number of aromatic nitrogens is 2. The largest absolute Gasteiger partial charge is 0.444 e. The van der Waals surface area contributed by atoms with E-state index in [1.807, 2.05) is 43.0 Å². The lowest BCUT2D eigenvalue weighted by molar-refractivity contribution is -0.136. The van der Waals surface area contributed by atoms with Crippen molar-refractivity contribution >= 4 is 23.0 Å². The quantitative estimate of drug-likeness (QED) is 0.438. The van der Waals surface area contributed by atoms with Crippen LogP contribution in [0.1, 0.15) is 81.7 Å². The Morgan fingerprint density at radius 2 is 1.95 bits per heavy atom. The molecule has 0 spiro atoms. The number of rotatable bonds is 5. The van der Waals surface area contributed by atoms with Crippen molar-refractivity contribution in [3.63, 3.8) is 0 Å². The second-order valence-electron chi connectivity index (χ2n) is 12.1. The van der Waals surface area contributed by atoms with Crippen molar-refractivity contribution in [3.05, 3.63) is 52.8 Å². The van der Waals surface area contributed by atoms with Crippen molar-refractivity contribution in [2.75, 3.05) is 26.8 Å². The first kappa shape index (κ1) is 27.2. The van der Waals surface area contributed by atoms with Crippen LogP contribution in [0.25, 0.3) is 22.2 Å². The Morgan fingerprint density at radius 3 is 2.67 bits per heavy atom. The van der Waals surface area contributed by atoms with E-state index in [4.69, 9.17) is 14.5 Å². The SMILES string of the molecule is COCC(=O)N1CCc2cc(-c3cnc4[nH]cc(C(C)C)c4c3)cc(C3CCCN3C(=O)OC(C)(C)C)c2C1. The Hall–Kier alpha value is -3.39. The smallest absolute Gasteiger partial charge is 0.410 e. The highest BCUT2D eigenvalue weighted by atomic mass is 16.6. The Kier molecular flexibility index (Phi) is 7.42. The topological polar surface area (TPSA) is 87.8 Å². The Morgan fingerprint density at radius 1 is 1.15 bits per heavy atom. The van der Waals surface area contributed by atoms with E-state index >= 15 is 0 Å². The molecule has 1 atom stereocenters. The van der Waals surface area contributed by atoms with Crippen LogP contribution in [0.2, 0.25) is 0 Å². The van der Waals surface area contributed by atoms with Gasteiger partial charge < -0.3 is 24.3 Å². The second kappa shape index (κ2) is 10.6. The first-order chi connectivity index (χ1) is 18.6. The van der Waals surface area contributed by atoms with Crippen LogP contribution in [-0.2, 0) is 27.2 Å². The van der Waals surface area contributed by atoms with Gasteiger partial charge in [0.1, 0.15) is 17.9 Å². The Bertz CT molecular complexity index is 1390.